The summed E-state index contributed by atoms with van der Waals surface area (Å²) in [5.74, 6) is 0. The number of aliphatic hydroxyl groups is 1. The molecule has 1 atom stereocenters. The van der Waals surface area contributed by atoms with Crippen molar-refractivity contribution >= 4 is 11.4 Å². The third-order valence-electron chi connectivity index (χ3n) is 1.97. The summed E-state index contributed by atoms with van der Waals surface area (Å²) in [6, 6.07) is 6.20. The zero-order valence-corrected chi connectivity index (χ0v) is 8.51. The van der Waals surface area contributed by atoms with Crippen LogP contribution < -0.4 is 5.32 Å². The van der Waals surface area contributed by atoms with Crippen molar-refractivity contribution in [3.63, 3.8) is 0 Å². The number of nitro benzene ring substituents is 1. The molecule has 0 spiro atoms. The molecule has 82 valence electrons. The number of nitro groups is 1. The molecule has 1 aromatic rings. The van der Waals surface area contributed by atoms with Gasteiger partial charge in [0.2, 0.25) is 0 Å². The number of non-ortho nitro benzene ring substituents is 1. The summed E-state index contributed by atoms with van der Waals surface area (Å²) in [6.45, 7) is 2.37. The van der Waals surface area contributed by atoms with Crippen LogP contribution in [0.25, 0.3) is 0 Å². The molecule has 5 nitrogen and oxygen atoms in total. The Morgan fingerprint density at radius 2 is 2.07 bits per heavy atom. The summed E-state index contributed by atoms with van der Waals surface area (Å²) >= 11 is 0. The first-order valence-electron chi connectivity index (χ1n) is 4.76. The maximum atomic E-state index is 10.4. The van der Waals surface area contributed by atoms with Gasteiger partial charge in [0.15, 0.2) is 0 Å². The predicted octanol–water partition coefficient (Wildman–Crippen LogP) is 1.78. The van der Waals surface area contributed by atoms with E-state index in [0.717, 1.165) is 5.69 Å². The highest BCUT2D eigenvalue weighted by atomic mass is 16.6. The molecule has 1 unspecified atom stereocenters. The minimum atomic E-state index is -0.431. The van der Waals surface area contributed by atoms with Gasteiger partial charge in [-0.3, -0.25) is 10.1 Å². The SMILES string of the molecule is CC(O)CCNc1ccc([N+](=O)[O-])cc1. The van der Waals surface area contributed by atoms with E-state index < -0.39 is 4.92 Å². The lowest BCUT2D eigenvalue weighted by Crippen LogP contribution is -2.09. The molecule has 0 saturated carbocycles. The first-order chi connectivity index (χ1) is 7.09. The van der Waals surface area contributed by atoms with E-state index in [1.165, 1.54) is 12.1 Å². The second kappa shape index (κ2) is 5.31. The maximum absolute atomic E-state index is 10.4. The van der Waals surface area contributed by atoms with E-state index in [1.807, 2.05) is 0 Å². The van der Waals surface area contributed by atoms with Crippen molar-refractivity contribution in [2.24, 2.45) is 0 Å². The fraction of sp³-hybridized carbons (Fsp3) is 0.400. The number of hydrogen-bond donors (Lipinski definition) is 2. The van der Waals surface area contributed by atoms with Crippen molar-refractivity contribution in [1.29, 1.82) is 0 Å². The van der Waals surface area contributed by atoms with Crippen LogP contribution in [0.2, 0.25) is 0 Å². The normalized spacial score (nSPS) is 12.1. The third kappa shape index (κ3) is 3.95. The first kappa shape index (κ1) is 11.5. The fourth-order valence-electron chi connectivity index (χ4n) is 1.13. The van der Waals surface area contributed by atoms with E-state index in [1.54, 1.807) is 19.1 Å². The molecule has 15 heavy (non-hydrogen) atoms. The van der Waals surface area contributed by atoms with Crippen LogP contribution in [0.15, 0.2) is 24.3 Å². The average Bonchev–Trinajstić information content (AvgIpc) is 2.18. The van der Waals surface area contributed by atoms with E-state index in [4.69, 9.17) is 5.11 Å². The van der Waals surface area contributed by atoms with Crippen molar-refractivity contribution in [3.05, 3.63) is 34.4 Å². The van der Waals surface area contributed by atoms with Gasteiger partial charge in [0.25, 0.3) is 5.69 Å². The molecule has 0 aliphatic carbocycles. The standard InChI is InChI=1S/C10H14N2O3/c1-8(13)6-7-11-9-2-4-10(5-3-9)12(14)15/h2-5,8,11,13H,6-7H2,1H3. The zero-order chi connectivity index (χ0) is 11.3. The van der Waals surface area contributed by atoms with E-state index in [2.05, 4.69) is 5.32 Å². The number of aliphatic hydroxyl groups excluding tert-OH is 1. The lowest BCUT2D eigenvalue weighted by molar-refractivity contribution is -0.384. The molecule has 0 aliphatic heterocycles. The average molecular weight is 210 g/mol. The lowest BCUT2D eigenvalue weighted by Gasteiger charge is -2.07. The van der Waals surface area contributed by atoms with Crippen LogP contribution in [0.5, 0.6) is 0 Å². The summed E-state index contributed by atoms with van der Waals surface area (Å²) < 4.78 is 0. The Hall–Kier alpha value is -1.62. The minimum Gasteiger partial charge on any atom is -0.393 e. The minimum absolute atomic E-state index is 0.0797. The van der Waals surface area contributed by atoms with E-state index >= 15 is 0 Å². The molecule has 0 amide bonds. The van der Waals surface area contributed by atoms with Crippen LogP contribution in [0.1, 0.15) is 13.3 Å². The Kier molecular flexibility index (Phi) is 4.05. The van der Waals surface area contributed by atoms with Gasteiger partial charge >= 0.3 is 0 Å². The van der Waals surface area contributed by atoms with Gasteiger partial charge in [-0.2, -0.15) is 0 Å². The summed E-state index contributed by atoms with van der Waals surface area (Å²) in [4.78, 5) is 9.94. The number of rotatable bonds is 5. The van der Waals surface area contributed by atoms with Crippen molar-refractivity contribution in [3.8, 4) is 0 Å². The smallest absolute Gasteiger partial charge is 0.269 e. The Labute approximate surface area is 87.9 Å². The van der Waals surface area contributed by atoms with Gasteiger partial charge < -0.3 is 10.4 Å². The second-order valence-corrected chi connectivity index (χ2v) is 3.37. The van der Waals surface area contributed by atoms with Crippen molar-refractivity contribution in [2.75, 3.05) is 11.9 Å². The molecule has 5 heteroatoms. The third-order valence-corrected chi connectivity index (χ3v) is 1.97. The maximum Gasteiger partial charge on any atom is 0.269 e. The van der Waals surface area contributed by atoms with Crippen LogP contribution in [-0.4, -0.2) is 22.7 Å². The van der Waals surface area contributed by atoms with E-state index in [-0.39, 0.29) is 11.8 Å². The molecule has 2 N–H and O–H groups in total. The van der Waals surface area contributed by atoms with Crippen LogP contribution >= 0.6 is 0 Å². The fourth-order valence-corrected chi connectivity index (χ4v) is 1.13. The van der Waals surface area contributed by atoms with Crippen LogP contribution in [0.4, 0.5) is 11.4 Å². The predicted molar refractivity (Wildman–Crippen MR) is 57.9 cm³/mol. The number of nitrogens with one attached hydrogen (secondary N) is 1. The summed E-state index contributed by atoms with van der Waals surface area (Å²) in [6.07, 6.45) is 0.312. The highest BCUT2D eigenvalue weighted by Crippen LogP contribution is 2.15. The van der Waals surface area contributed by atoms with Crippen molar-refractivity contribution in [1.82, 2.24) is 0 Å². The molecule has 0 bridgehead atoms. The zero-order valence-electron chi connectivity index (χ0n) is 8.51. The molecular weight excluding hydrogens is 196 g/mol. The van der Waals surface area contributed by atoms with Gasteiger partial charge in [-0.15, -0.1) is 0 Å². The molecule has 0 heterocycles. The van der Waals surface area contributed by atoms with Gasteiger partial charge in [0.05, 0.1) is 11.0 Å². The Morgan fingerprint density at radius 1 is 1.47 bits per heavy atom. The van der Waals surface area contributed by atoms with Gasteiger partial charge in [-0.1, -0.05) is 0 Å². The van der Waals surface area contributed by atoms with Crippen LogP contribution in [-0.2, 0) is 0 Å². The van der Waals surface area contributed by atoms with Crippen molar-refractivity contribution < 1.29 is 10.0 Å². The molecule has 1 rings (SSSR count). The van der Waals surface area contributed by atoms with E-state index in [9.17, 15) is 10.1 Å². The molecule has 0 saturated heterocycles. The number of hydrogen-bond acceptors (Lipinski definition) is 4. The van der Waals surface area contributed by atoms with Gasteiger partial charge in [-0.05, 0) is 25.5 Å². The Morgan fingerprint density at radius 3 is 2.53 bits per heavy atom. The molecule has 0 aromatic heterocycles. The van der Waals surface area contributed by atoms with Crippen molar-refractivity contribution in [2.45, 2.75) is 19.4 Å². The highest BCUT2D eigenvalue weighted by molar-refractivity contribution is 5.48. The Bertz CT molecular complexity index is 322. The molecule has 1 aromatic carbocycles. The number of benzene rings is 1. The van der Waals surface area contributed by atoms with Gasteiger partial charge in [0.1, 0.15) is 0 Å². The monoisotopic (exact) mass is 210 g/mol. The number of anilines is 1. The van der Waals surface area contributed by atoms with Gasteiger partial charge in [0, 0.05) is 24.4 Å². The summed E-state index contributed by atoms with van der Waals surface area (Å²) in [5.41, 5.74) is 0.900. The molecule has 0 radical (unpaired) electrons. The number of nitrogens with zero attached hydrogens (tertiary/aromatic N) is 1. The quantitative estimate of drug-likeness (QED) is 0.573. The first-order valence-corrected chi connectivity index (χ1v) is 4.76. The largest absolute Gasteiger partial charge is 0.393 e. The topological polar surface area (TPSA) is 75.4 Å². The molecule has 0 fully saturated rings. The van der Waals surface area contributed by atoms with Crippen LogP contribution in [0.3, 0.4) is 0 Å². The highest BCUT2D eigenvalue weighted by Gasteiger charge is 2.03. The lowest BCUT2D eigenvalue weighted by atomic mass is 10.2. The van der Waals surface area contributed by atoms with Crippen LogP contribution in [0, 0.1) is 10.1 Å². The molecule has 0 aliphatic rings. The van der Waals surface area contributed by atoms with E-state index in [0.29, 0.717) is 13.0 Å². The second-order valence-electron chi connectivity index (χ2n) is 3.37. The Balaban J connectivity index is 2.46. The molecular formula is C10H14N2O3. The van der Waals surface area contributed by atoms with Gasteiger partial charge in [-0.25, -0.2) is 0 Å². The summed E-state index contributed by atoms with van der Waals surface area (Å²) in [7, 11) is 0. The summed E-state index contributed by atoms with van der Waals surface area (Å²) in [5, 5.41) is 22.4.